The van der Waals surface area contributed by atoms with Gasteiger partial charge in [-0.2, -0.15) is 5.10 Å². The molecule has 0 bridgehead atoms. The lowest BCUT2D eigenvalue weighted by Crippen LogP contribution is -2.31. The van der Waals surface area contributed by atoms with Gasteiger partial charge in [0.15, 0.2) is 5.76 Å². The summed E-state index contributed by atoms with van der Waals surface area (Å²) >= 11 is 0. The molecule has 0 aromatic carbocycles. The third-order valence-corrected chi connectivity index (χ3v) is 3.85. The number of nitrogens with zero attached hydrogens (tertiary/aromatic N) is 5. The number of hydrogen-bond acceptors (Lipinski definition) is 5. The van der Waals surface area contributed by atoms with E-state index in [0.29, 0.717) is 23.8 Å². The first kappa shape index (κ1) is 17.7. The maximum atomic E-state index is 12.5. The number of hydrogen-bond donors (Lipinski definition) is 1. The van der Waals surface area contributed by atoms with Crippen LogP contribution in [0.3, 0.4) is 0 Å². The van der Waals surface area contributed by atoms with E-state index in [2.05, 4.69) is 27.5 Å². The summed E-state index contributed by atoms with van der Waals surface area (Å²) < 4.78 is 7.15. The minimum atomic E-state index is -0.232. The number of anilines is 1. The number of aryl methyl sites for hydroxylation is 2. The van der Waals surface area contributed by atoms with Gasteiger partial charge in [-0.15, -0.1) is 0 Å². The third-order valence-electron chi connectivity index (χ3n) is 3.85. The Hall–Kier alpha value is -3.16. The first-order valence-electron chi connectivity index (χ1n) is 8.49. The molecule has 0 aliphatic carbocycles. The van der Waals surface area contributed by atoms with Crippen LogP contribution in [0.1, 0.15) is 24.8 Å². The van der Waals surface area contributed by atoms with Gasteiger partial charge >= 0.3 is 6.03 Å². The minimum Gasteiger partial charge on any atom is -0.359 e. The Balaban J connectivity index is 1.64. The molecule has 0 radical (unpaired) electrons. The van der Waals surface area contributed by atoms with Crippen molar-refractivity contribution in [2.75, 3.05) is 12.4 Å². The Bertz CT molecular complexity index is 871. The predicted octanol–water partition coefficient (Wildman–Crippen LogP) is 3.32. The van der Waals surface area contributed by atoms with E-state index in [1.165, 1.54) is 4.90 Å². The molecule has 0 aliphatic rings. The van der Waals surface area contributed by atoms with Crippen LogP contribution < -0.4 is 5.32 Å². The standard InChI is InChI=1S/C18H22N6O2/c1-4-9-24-17(10-13(2)21-24)20-18(25)23(3)12-15-11-16(22-26-15)14-5-7-19-8-6-14/h5-8,10-11H,4,9,12H2,1-3H3,(H,20,25). The van der Waals surface area contributed by atoms with Gasteiger partial charge in [0.05, 0.1) is 12.2 Å². The van der Waals surface area contributed by atoms with Gasteiger partial charge in [-0.1, -0.05) is 12.1 Å². The maximum absolute atomic E-state index is 12.5. The summed E-state index contributed by atoms with van der Waals surface area (Å²) in [7, 11) is 1.71. The average Bonchev–Trinajstić information content (AvgIpc) is 3.23. The fourth-order valence-corrected chi connectivity index (χ4v) is 2.59. The van der Waals surface area contributed by atoms with Crippen molar-refractivity contribution in [3.8, 4) is 11.3 Å². The van der Waals surface area contributed by atoms with Gasteiger partial charge in [0.1, 0.15) is 11.5 Å². The van der Waals surface area contributed by atoms with Crippen molar-refractivity contribution in [2.24, 2.45) is 0 Å². The van der Waals surface area contributed by atoms with E-state index in [-0.39, 0.29) is 6.03 Å². The molecule has 3 aromatic heterocycles. The number of urea groups is 1. The molecule has 0 aliphatic heterocycles. The summed E-state index contributed by atoms with van der Waals surface area (Å²) in [5, 5.41) is 11.3. The Kier molecular flexibility index (Phi) is 5.31. The van der Waals surface area contributed by atoms with Gasteiger partial charge in [-0.05, 0) is 25.5 Å². The second-order valence-corrected chi connectivity index (χ2v) is 6.09. The minimum absolute atomic E-state index is 0.232. The van der Waals surface area contributed by atoms with Crippen LogP contribution in [0.15, 0.2) is 41.2 Å². The Morgan fingerprint density at radius 3 is 2.81 bits per heavy atom. The summed E-state index contributed by atoms with van der Waals surface area (Å²) in [6, 6.07) is 7.16. The second kappa shape index (κ2) is 7.81. The zero-order chi connectivity index (χ0) is 18.5. The van der Waals surface area contributed by atoms with Crippen LogP contribution in [-0.4, -0.2) is 37.9 Å². The van der Waals surface area contributed by atoms with Crippen molar-refractivity contribution in [1.82, 2.24) is 24.8 Å². The van der Waals surface area contributed by atoms with Crippen LogP contribution in [0.2, 0.25) is 0 Å². The zero-order valence-electron chi connectivity index (χ0n) is 15.1. The van der Waals surface area contributed by atoms with Crippen molar-refractivity contribution in [1.29, 1.82) is 0 Å². The van der Waals surface area contributed by atoms with E-state index in [9.17, 15) is 4.79 Å². The van der Waals surface area contributed by atoms with Crippen LogP contribution in [0.5, 0.6) is 0 Å². The van der Waals surface area contributed by atoms with Crippen molar-refractivity contribution in [2.45, 2.75) is 33.4 Å². The summed E-state index contributed by atoms with van der Waals surface area (Å²) in [6.07, 6.45) is 4.34. The lowest BCUT2D eigenvalue weighted by atomic mass is 10.2. The summed E-state index contributed by atoms with van der Waals surface area (Å²) in [6.45, 7) is 5.04. The van der Waals surface area contributed by atoms with Gasteiger partial charge < -0.3 is 9.42 Å². The Labute approximate surface area is 151 Å². The monoisotopic (exact) mass is 354 g/mol. The van der Waals surface area contributed by atoms with E-state index < -0.39 is 0 Å². The molecule has 3 aromatic rings. The SMILES string of the molecule is CCCn1nc(C)cc1NC(=O)N(C)Cc1cc(-c2ccncc2)no1. The van der Waals surface area contributed by atoms with Crippen molar-refractivity contribution in [3.63, 3.8) is 0 Å². The molecular formula is C18H22N6O2. The van der Waals surface area contributed by atoms with Crippen molar-refractivity contribution < 1.29 is 9.32 Å². The Morgan fingerprint density at radius 1 is 1.31 bits per heavy atom. The van der Waals surface area contributed by atoms with E-state index >= 15 is 0 Å². The molecule has 0 saturated carbocycles. The summed E-state index contributed by atoms with van der Waals surface area (Å²) in [5.74, 6) is 1.30. The summed E-state index contributed by atoms with van der Waals surface area (Å²) in [5.41, 5.74) is 2.50. The molecule has 0 spiro atoms. The topological polar surface area (TPSA) is 89.1 Å². The van der Waals surface area contributed by atoms with Crippen LogP contribution in [0.4, 0.5) is 10.6 Å². The van der Waals surface area contributed by atoms with E-state index in [0.717, 1.165) is 24.2 Å². The largest absolute Gasteiger partial charge is 0.359 e. The van der Waals surface area contributed by atoms with Crippen LogP contribution in [0, 0.1) is 6.92 Å². The molecule has 26 heavy (non-hydrogen) atoms. The highest BCUT2D eigenvalue weighted by molar-refractivity contribution is 5.88. The highest BCUT2D eigenvalue weighted by atomic mass is 16.5. The molecule has 136 valence electrons. The molecular weight excluding hydrogens is 332 g/mol. The van der Waals surface area contributed by atoms with Crippen LogP contribution in [-0.2, 0) is 13.1 Å². The molecule has 8 nitrogen and oxygen atoms in total. The van der Waals surface area contributed by atoms with Gasteiger partial charge in [-0.25, -0.2) is 9.48 Å². The van der Waals surface area contributed by atoms with E-state index in [1.807, 2.05) is 31.2 Å². The van der Waals surface area contributed by atoms with Crippen molar-refractivity contribution in [3.05, 3.63) is 48.1 Å². The van der Waals surface area contributed by atoms with Gasteiger partial charge in [0.25, 0.3) is 0 Å². The molecule has 0 fully saturated rings. The lowest BCUT2D eigenvalue weighted by Gasteiger charge is -2.16. The first-order chi connectivity index (χ1) is 12.6. The average molecular weight is 354 g/mol. The van der Waals surface area contributed by atoms with E-state index in [4.69, 9.17) is 4.52 Å². The smallest absolute Gasteiger partial charge is 0.323 e. The quantitative estimate of drug-likeness (QED) is 0.733. The molecule has 3 rings (SSSR count). The van der Waals surface area contributed by atoms with Gasteiger partial charge in [0.2, 0.25) is 0 Å². The highest BCUT2D eigenvalue weighted by Gasteiger charge is 2.15. The second-order valence-electron chi connectivity index (χ2n) is 6.09. The number of rotatable bonds is 6. The van der Waals surface area contributed by atoms with Crippen molar-refractivity contribution >= 4 is 11.8 Å². The number of pyridine rings is 1. The lowest BCUT2D eigenvalue weighted by molar-refractivity contribution is 0.214. The van der Waals surface area contributed by atoms with Gasteiger partial charge in [-0.3, -0.25) is 10.3 Å². The molecule has 2 amide bonds. The number of carbonyl (C=O) groups is 1. The molecule has 0 unspecified atom stereocenters. The molecule has 0 saturated heterocycles. The molecule has 0 atom stereocenters. The zero-order valence-corrected chi connectivity index (χ0v) is 15.1. The normalized spacial score (nSPS) is 10.7. The molecule has 8 heteroatoms. The van der Waals surface area contributed by atoms with Crippen LogP contribution >= 0.6 is 0 Å². The predicted molar refractivity (Wildman–Crippen MR) is 97.5 cm³/mol. The third kappa shape index (κ3) is 4.08. The number of nitrogens with one attached hydrogen (secondary N) is 1. The first-order valence-corrected chi connectivity index (χ1v) is 8.49. The fourth-order valence-electron chi connectivity index (χ4n) is 2.59. The number of amides is 2. The fraction of sp³-hybridized carbons (Fsp3) is 0.333. The van der Waals surface area contributed by atoms with Crippen LogP contribution in [0.25, 0.3) is 11.3 Å². The number of aromatic nitrogens is 4. The maximum Gasteiger partial charge on any atom is 0.323 e. The molecule has 1 N–H and O–H groups in total. The summed E-state index contributed by atoms with van der Waals surface area (Å²) in [4.78, 5) is 18.0. The Morgan fingerprint density at radius 2 is 2.08 bits per heavy atom. The van der Waals surface area contributed by atoms with Gasteiger partial charge in [0, 0.05) is 43.7 Å². The molecule has 3 heterocycles. The number of carbonyl (C=O) groups excluding carboxylic acids is 1. The van der Waals surface area contributed by atoms with E-state index in [1.54, 1.807) is 24.1 Å². The highest BCUT2D eigenvalue weighted by Crippen LogP contribution is 2.19.